The van der Waals surface area contributed by atoms with Crippen LogP contribution in [0.1, 0.15) is 21.5 Å². The Morgan fingerprint density at radius 2 is 1.63 bits per heavy atom. The molecule has 2 N–H and O–H groups in total. The summed E-state index contributed by atoms with van der Waals surface area (Å²) in [6.45, 7) is 0.416. The van der Waals surface area contributed by atoms with E-state index in [0.29, 0.717) is 12.2 Å². The standard InChI is InChI=1S/C25H20N2O3/c28-23-12-7-18(8-13-23)16-26-27-25(29)21-9-5-19(6-10-21)17-30-24-14-11-20-3-1-2-4-22(20)15-24/h1-16,28H,17H2,(H,27,29)/b26-16+. The molecular weight excluding hydrogens is 376 g/mol. The van der Waals surface area contributed by atoms with Crippen molar-refractivity contribution in [2.75, 3.05) is 0 Å². The fraction of sp³-hybridized carbons (Fsp3) is 0.0400. The van der Waals surface area contributed by atoms with Gasteiger partial charge in [0.25, 0.3) is 5.91 Å². The van der Waals surface area contributed by atoms with Crippen LogP contribution < -0.4 is 10.2 Å². The molecule has 0 aromatic heterocycles. The molecule has 148 valence electrons. The number of carbonyl (C=O) groups is 1. The summed E-state index contributed by atoms with van der Waals surface area (Å²) in [5, 5.41) is 15.5. The second-order valence-corrected chi connectivity index (χ2v) is 6.79. The van der Waals surface area contributed by atoms with Crippen molar-refractivity contribution in [1.82, 2.24) is 5.43 Å². The fourth-order valence-corrected chi connectivity index (χ4v) is 2.97. The van der Waals surface area contributed by atoms with Gasteiger partial charge in [-0.2, -0.15) is 5.10 Å². The number of carbonyl (C=O) groups excluding carboxylic acids is 1. The highest BCUT2D eigenvalue weighted by molar-refractivity contribution is 5.94. The van der Waals surface area contributed by atoms with Crippen molar-refractivity contribution in [2.45, 2.75) is 6.61 Å². The van der Waals surface area contributed by atoms with Gasteiger partial charge in [0.15, 0.2) is 0 Å². The first-order chi connectivity index (χ1) is 14.7. The maximum absolute atomic E-state index is 12.2. The predicted molar refractivity (Wildman–Crippen MR) is 118 cm³/mol. The highest BCUT2D eigenvalue weighted by Crippen LogP contribution is 2.21. The van der Waals surface area contributed by atoms with Crippen LogP contribution >= 0.6 is 0 Å². The highest BCUT2D eigenvalue weighted by Gasteiger charge is 2.05. The second kappa shape index (κ2) is 8.92. The maximum atomic E-state index is 12.2. The Morgan fingerprint density at radius 3 is 2.40 bits per heavy atom. The van der Waals surface area contributed by atoms with E-state index in [-0.39, 0.29) is 11.7 Å². The van der Waals surface area contributed by atoms with Gasteiger partial charge in [0.2, 0.25) is 0 Å². The van der Waals surface area contributed by atoms with Gasteiger partial charge in [0.1, 0.15) is 18.1 Å². The van der Waals surface area contributed by atoms with E-state index >= 15 is 0 Å². The molecule has 0 aliphatic heterocycles. The Kier molecular flexibility index (Phi) is 5.71. The fourth-order valence-electron chi connectivity index (χ4n) is 2.97. The number of fused-ring (bicyclic) bond motifs is 1. The van der Waals surface area contributed by atoms with E-state index in [2.05, 4.69) is 22.7 Å². The number of benzene rings is 4. The topological polar surface area (TPSA) is 70.9 Å². The first kappa shape index (κ1) is 19.2. The number of phenolic OH excluding ortho intramolecular Hbond substituents is 1. The smallest absolute Gasteiger partial charge is 0.271 e. The van der Waals surface area contributed by atoms with Gasteiger partial charge in [0, 0.05) is 5.56 Å². The summed E-state index contributed by atoms with van der Waals surface area (Å²) < 4.78 is 5.88. The lowest BCUT2D eigenvalue weighted by molar-refractivity contribution is 0.0955. The number of aromatic hydroxyl groups is 1. The Bertz CT molecular complexity index is 1180. The zero-order valence-electron chi connectivity index (χ0n) is 16.2. The van der Waals surface area contributed by atoms with Crippen molar-refractivity contribution in [1.29, 1.82) is 0 Å². The van der Waals surface area contributed by atoms with Gasteiger partial charge in [-0.3, -0.25) is 4.79 Å². The molecule has 0 unspecified atom stereocenters. The van der Waals surface area contributed by atoms with Crippen LogP contribution in [0.25, 0.3) is 10.8 Å². The van der Waals surface area contributed by atoms with E-state index in [0.717, 1.165) is 22.3 Å². The molecule has 0 fully saturated rings. The summed E-state index contributed by atoms with van der Waals surface area (Å²) in [4.78, 5) is 12.2. The number of phenols is 1. The van der Waals surface area contributed by atoms with Gasteiger partial charge in [-0.25, -0.2) is 5.43 Å². The number of amides is 1. The van der Waals surface area contributed by atoms with Crippen LogP contribution in [0.3, 0.4) is 0 Å². The number of nitrogens with zero attached hydrogens (tertiary/aromatic N) is 1. The van der Waals surface area contributed by atoms with Crippen molar-refractivity contribution >= 4 is 22.9 Å². The SMILES string of the molecule is O=C(N/N=C/c1ccc(O)cc1)c1ccc(COc2ccc3ccccc3c2)cc1. The quantitative estimate of drug-likeness (QED) is 0.360. The van der Waals surface area contributed by atoms with Crippen LogP contribution in [0.15, 0.2) is 96.1 Å². The zero-order chi connectivity index (χ0) is 20.8. The number of hydrazone groups is 1. The molecule has 30 heavy (non-hydrogen) atoms. The Balaban J connectivity index is 1.32. The van der Waals surface area contributed by atoms with Crippen LogP contribution in [-0.4, -0.2) is 17.2 Å². The number of hydrogen-bond acceptors (Lipinski definition) is 4. The molecule has 5 heteroatoms. The van der Waals surface area contributed by atoms with E-state index in [1.165, 1.54) is 11.6 Å². The lowest BCUT2D eigenvalue weighted by Gasteiger charge is -2.08. The van der Waals surface area contributed by atoms with Crippen molar-refractivity contribution in [3.8, 4) is 11.5 Å². The second-order valence-electron chi connectivity index (χ2n) is 6.79. The maximum Gasteiger partial charge on any atom is 0.271 e. The Morgan fingerprint density at radius 1 is 0.900 bits per heavy atom. The number of hydrogen-bond donors (Lipinski definition) is 2. The summed E-state index contributed by atoms with van der Waals surface area (Å²) in [6.07, 6.45) is 1.52. The highest BCUT2D eigenvalue weighted by atomic mass is 16.5. The van der Waals surface area contributed by atoms with Crippen molar-refractivity contribution in [3.05, 3.63) is 108 Å². The van der Waals surface area contributed by atoms with Gasteiger partial charge in [-0.05, 0) is 70.4 Å². The monoisotopic (exact) mass is 396 g/mol. The van der Waals surface area contributed by atoms with Gasteiger partial charge < -0.3 is 9.84 Å². The molecule has 0 saturated carbocycles. The summed E-state index contributed by atoms with van der Waals surface area (Å²) in [5.41, 5.74) is 4.74. The summed E-state index contributed by atoms with van der Waals surface area (Å²) in [5.74, 6) is 0.687. The molecule has 5 nitrogen and oxygen atoms in total. The van der Waals surface area contributed by atoms with Gasteiger partial charge in [-0.1, -0.05) is 42.5 Å². The van der Waals surface area contributed by atoms with Crippen molar-refractivity contribution in [3.63, 3.8) is 0 Å². The summed E-state index contributed by atoms with van der Waals surface area (Å²) >= 11 is 0. The molecule has 0 saturated heterocycles. The van der Waals surface area contributed by atoms with E-state index in [1.54, 1.807) is 36.4 Å². The molecule has 0 aliphatic carbocycles. The molecule has 0 aliphatic rings. The van der Waals surface area contributed by atoms with Crippen LogP contribution in [-0.2, 0) is 6.61 Å². The van der Waals surface area contributed by atoms with Crippen molar-refractivity contribution in [2.24, 2.45) is 5.10 Å². The predicted octanol–water partition coefficient (Wildman–Crippen LogP) is 4.89. The molecular formula is C25H20N2O3. The minimum absolute atomic E-state index is 0.181. The lowest BCUT2D eigenvalue weighted by atomic mass is 10.1. The molecule has 4 rings (SSSR count). The lowest BCUT2D eigenvalue weighted by Crippen LogP contribution is -2.17. The van der Waals surface area contributed by atoms with E-state index in [4.69, 9.17) is 4.74 Å². The minimum Gasteiger partial charge on any atom is -0.508 e. The first-order valence-electron chi connectivity index (χ1n) is 9.50. The third kappa shape index (κ3) is 4.83. The molecule has 0 spiro atoms. The van der Waals surface area contributed by atoms with E-state index in [1.807, 2.05) is 42.5 Å². The van der Waals surface area contributed by atoms with Crippen LogP contribution in [0, 0.1) is 0 Å². The molecule has 1 amide bonds. The molecule has 0 atom stereocenters. The number of rotatable bonds is 6. The van der Waals surface area contributed by atoms with Crippen LogP contribution in [0.2, 0.25) is 0 Å². The first-order valence-corrected chi connectivity index (χ1v) is 9.50. The molecule has 0 radical (unpaired) electrons. The molecule has 0 bridgehead atoms. The van der Waals surface area contributed by atoms with Gasteiger partial charge in [0.05, 0.1) is 6.21 Å². The zero-order valence-corrected chi connectivity index (χ0v) is 16.2. The Hall–Kier alpha value is -4.12. The molecule has 0 heterocycles. The van der Waals surface area contributed by atoms with Crippen molar-refractivity contribution < 1.29 is 14.6 Å². The van der Waals surface area contributed by atoms with Gasteiger partial charge >= 0.3 is 0 Å². The molecule has 4 aromatic rings. The Labute approximate surface area is 174 Å². The minimum atomic E-state index is -0.299. The molecule has 4 aromatic carbocycles. The van der Waals surface area contributed by atoms with Gasteiger partial charge in [-0.15, -0.1) is 0 Å². The number of ether oxygens (including phenoxy) is 1. The summed E-state index contributed by atoms with van der Waals surface area (Å²) in [6, 6.07) is 27.9. The van der Waals surface area contributed by atoms with Crippen LogP contribution in [0.4, 0.5) is 0 Å². The van der Waals surface area contributed by atoms with E-state index in [9.17, 15) is 9.90 Å². The van der Waals surface area contributed by atoms with Crippen LogP contribution in [0.5, 0.6) is 11.5 Å². The average Bonchev–Trinajstić information content (AvgIpc) is 2.79. The average molecular weight is 396 g/mol. The van der Waals surface area contributed by atoms with E-state index < -0.39 is 0 Å². The third-order valence-corrected chi connectivity index (χ3v) is 4.62. The largest absolute Gasteiger partial charge is 0.508 e. The number of nitrogens with one attached hydrogen (secondary N) is 1. The normalized spacial score (nSPS) is 10.9. The summed E-state index contributed by atoms with van der Waals surface area (Å²) in [7, 11) is 0. The third-order valence-electron chi connectivity index (χ3n) is 4.62.